The van der Waals surface area contributed by atoms with Crippen LogP contribution in [0.2, 0.25) is 0 Å². The summed E-state index contributed by atoms with van der Waals surface area (Å²) < 4.78 is 0. The lowest BCUT2D eigenvalue weighted by molar-refractivity contribution is -0.141. The maximum atomic E-state index is 12.2. The number of nitrogens with zero attached hydrogens (tertiary/aromatic N) is 1. The van der Waals surface area contributed by atoms with Gasteiger partial charge in [0.15, 0.2) is 0 Å². The van der Waals surface area contributed by atoms with Crippen molar-refractivity contribution in [1.82, 2.24) is 15.5 Å². The summed E-state index contributed by atoms with van der Waals surface area (Å²) in [4.78, 5) is 36.5. The van der Waals surface area contributed by atoms with Gasteiger partial charge in [0.25, 0.3) is 0 Å². The Balaban J connectivity index is 1.96. The fourth-order valence-corrected chi connectivity index (χ4v) is 3.05. The van der Waals surface area contributed by atoms with E-state index in [0.717, 1.165) is 32.1 Å². The van der Waals surface area contributed by atoms with Gasteiger partial charge >= 0.3 is 12.0 Å². The molecule has 2 rings (SSSR count). The number of carboxylic acids is 1. The summed E-state index contributed by atoms with van der Waals surface area (Å²) in [5.41, 5.74) is 0. The molecule has 7 nitrogen and oxygen atoms in total. The number of urea groups is 1. The quantitative estimate of drug-likeness (QED) is 0.708. The van der Waals surface area contributed by atoms with E-state index in [1.54, 1.807) is 0 Å². The zero-order chi connectivity index (χ0) is 15.2. The molecule has 1 unspecified atom stereocenters. The molecule has 1 aliphatic carbocycles. The first kappa shape index (κ1) is 15.6. The van der Waals surface area contributed by atoms with Gasteiger partial charge in [-0.2, -0.15) is 0 Å². The third-order valence-electron chi connectivity index (χ3n) is 4.21. The Labute approximate surface area is 124 Å². The number of rotatable bonds is 3. The molecule has 118 valence electrons. The van der Waals surface area contributed by atoms with E-state index in [1.807, 2.05) is 0 Å². The van der Waals surface area contributed by atoms with Gasteiger partial charge in [-0.3, -0.25) is 4.79 Å². The van der Waals surface area contributed by atoms with Crippen LogP contribution in [0.15, 0.2) is 0 Å². The average molecular weight is 297 g/mol. The van der Waals surface area contributed by atoms with Gasteiger partial charge in [0.2, 0.25) is 5.91 Å². The highest BCUT2D eigenvalue weighted by atomic mass is 16.4. The number of carbonyl (C=O) groups excluding carboxylic acids is 2. The number of nitrogens with one attached hydrogen (secondary N) is 2. The van der Waals surface area contributed by atoms with Crippen LogP contribution >= 0.6 is 0 Å². The van der Waals surface area contributed by atoms with E-state index in [0.29, 0.717) is 19.5 Å². The molecule has 3 amide bonds. The lowest BCUT2D eigenvalue weighted by Gasteiger charge is -2.30. The molecule has 0 radical (unpaired) electrons. The summed E-state index contributed by atoms with van der Waals surface area (Å²) in [5, 5.41) is 14.7. The van der Waals surface area contributed by atoms with Crippen LogP contribution in [0.1, 0.15) is 38.5 Å². The van der Waals surface area contributed by atoms with Crippen molar-refractivity contribution in [3.05, 3.63) is 0 Å². The molecule has 0 bridgehead atoms. The van der Waals surface area contributed by atoms with Gasteiger partial charge in [0, 0.05) is 13.1 Å². The molecule has 0 spiro atoms. The first-order chi connectivity index (χ1) is 10.1. The first-order valence-electron chi connectivity index (χ1n) is 7.63. The van der Waals surface area contributed by atoms with Crippen molar-refractivity contribution in [2.45, 2.75) is 44.6 Å². The van der Waals surface area contributed by atoms with Crippen LogP contribution in [0.3, 0.4) is 0 Å². The van der Waals surface area contributed by atoms with Crippen LogP contribution in [-0.2, 0) is 9.59 Å². The minimum Gasteiger partial charge on any atom is -0.480 e. The largest absolute Gasteiger partial charge is 0.480 e. The number of carbonyl (C=O) groups is 3. The monoisotopic (exact) mass is 297 g/mol. The summed E-state index contributed by atoms with van der Waals surface area (Å²) in [6.07, 6.45) is 5.49. The Kier molecular flexibility index (Phi) is 5.41. The minimum absolute atomic E-state index is 0.0111. The summed E-state index contributed by atoms with van der Waals surface area (Å²) in [6.45, 7) is 0.998. The van der Waals surface area contributed by atoms with Crippen molar-refractivity contribution in [3.8, 4) is 0 Å². The van der Waals surface area contributed by atoms with Gasteiger partial charge in [0.05, 0.1) is 0 Å². The normalized spacial score (nSPS) is 22.1. The maximum Gasteiger partial charge on any atom is 0.326 e. The van der Waals surface area contributed by atoms with Gasteiger partial charge in [0.1, 0.15) is 12.6 Å². The summed E-state index contributed by atoms with van der Waals surface area (Å²) in [7, 11) is 0. The van der Waals surface area contributed by atoms with Gasteiger partial charge in [-0.1, -0.05) is 19.3 Å². The van der Waals surface area contributed by atoms with Crippen molar-refractivity contribution in [2.24, 2.45) is 5.92 Å². The van der Waals surface area contributed by atoms with E-state index >= 15 is 0 Å². The van der Waals surface area contributed by atoms with Crippen LogP contribution in [-0.4, -0.2) is 53.6 Å². The highest BCUT2D eigenvalue weighted by Crippen LogP contribution is 2.26. The molecule has 0 aromatic rings. The molecule has 1 aliphatic heterocycles. The Hall–Kier alpha value is -1.79. The average Bonchev–Trinajstić information content (AvgIpc) is 2.69. The lowest BCUT2D eigenvalue weighted by Crippen LogP contribution is -2.52. The van der Waals surface area contributed by atoms with Crippen molar-refractivity contribution >= 4 is 17.9 Å². The zero-order valence-corrected chi connectivity index (χ0v) is 12.1. The standard InChI is InChI=1S/C14H23N3O4/c18-11-9-17(8-4-7-15-11)14(21)16-12(13(19)20)10-5-2-1-3-6-10/h10,12H,1-9H2,(H,15,18)(H,16,21)(H,19,20). The van der Waals surface area contributed by atoms with Crippen LogP contribution in [0.25, 0.3) is 0 Å². The highest BCUT2D eigenvalue weighted by Gasteiger charge is 2.32. The van der Waals surface area contributed by atoms with Gasteiger partial charge < -0.3 is 20.6 Å². The molecular weight excluding hydrogens is 274 g/mol. The molecule has 1 heterocycles. The number of hydrogen-bond donors (Lipinski definition) is 3. The van der Waals surface area contributed by atoms with Crippen molar-refractivity contribution in [1.29, 1.82) is 0 Å². The fraction of sp³-hybridized carbons (Fsp3) is 0.786. The molecule has 2 aliphatic rings. The third-order valence-corrected chi connectivity index (χ3v) is 4.21. The highest BCUT2D eigenvalue weighted by molar-refractivity contribution is 5.87. The second-order valence-corrected chi connectivity index (χ2v) is 5.79. The van der Waals surface area contributed by atoms with E-state index in [9.17, 15) is 19.5 Å². The fourth-order valence-electron chi connectivity index (χ4n) is 3.05. The van der Waals surface area contributed by atoms with Crippen molar-refractivity contribution in [2.75, 3.05) is 19.6 Å². The van der Waals surface area contributed by atoms with Crippen LogP contribution in [0.5, 0.6) is 0 Å². The number of aliphatic carboxylic acids is 1. The van der Waals surface area contributed by atoms with Gasteiger partial charge in [-0.05, 0) is 25.2 Å². The first-order valence-corrected chi connectivity index (χ1v) is 7.63. The minimum atomic E-state index is -0.991. The second-order valence-electron chi connectivity index (χ2n) is 5.79. The predicted molar refractivity (Wildman–Crippen MR) is 75.7 cm³/mol. The lowest BCUT2D eigenvalue weighted by atomic mass is 9.84. The van der Waals surface area contributed by atoms with Crippen LogP contribution < -0.4 is 10.6 Å². The third kappa shape index (κ3) is 4.34. The number of carboxylic acid groups (broad SMARTS) is 1. The summed E-state index contributed by atoms with van der Waals surface area (Å²) in [6, 6.07) is -1.31. The number of hydrogen-bond acceptors (Lipinski definition) is 3. The molecule has 3 N–H and O–H groups in total. The topological polar surface area (TPSA) is 98.7 Å². The van der Waals surface area contributed by atoms with E-state index in [-0.39, 0.29) is 18.4 Å². The molecular formula is C14H23N3O4. The molecule has 7 heteroatoms. The Bertz CT molecular complexity index is 407. The smallest absolute Gasteiger partial charge is 0.326 e. The van der Waals surface area contributed by atoms with Crippen LogP contribution in [0.4, 0.5) is 4.79 Å². The van der Waals surface area contributed by atoms with Gasteiger partial charge in [-0.15, -0.1) is 0 Å². The van der Waals surface area contributed by atoms with Crippen LogP contribution in [0, 0.1) is 5.92 Å². The molecule has 2 fully saturated rings. The van der Waals surface area contributed by atoms with E-state index in [1.165, 1.54) is 4.90 Å². The summed E-state index contributed by atoms with van der Waals surface area (Å²) >= 11 is 0. The van der Waals surface area contributed by atoms with E-state index in [2.05, 4.69) is 10.6 Å². The molecule has 0 aromatic heterocycles. The van der Waals surface area contributed by atoms with E-state index in [4.69, 9.17) is 0 Å². The molecule has 1 atom stereocenters. The Morgan fingerprint density at radius 2 is 1.95 bits per heavy atom. The maximum absolute atomic E-state index is 12.2. The zero-order valence-electron chi connectivity index (χ0n) is 12.1. The molecule has 21 heavy (non-hydrogen) atoms. The predicted octanol–water partition coefficient (Wildman–Crippen LogP) is 0.551. The van der Waals surface area contributed by atoms with Crippen molar-refractivity contribution in [3.63, 3.8) is 0 Å². The van der Waals surface area contributed by atoms with Crippen molar-refractivity contribution < 1.29 is 19.5 Å². The summed E-state index contributed by atoms with van der Waals surface area (Å²) in [5.74, 6) is -1.21. The second kappa shape index (κ2) is 7.28. The molecule has 0 aromatic carbocycles. The number of amides is 3. The molecule has 1 saturated carbocycles. The van der Waals surface area contributed by atoms with Gasteiger partial charge in [-0.25, -0.2) is 9.59 Å². The SMILES string of the molecule is O=C1CN(C(=O)NC(C(=O)O)C2CCCCC2)CCCN1. The Morgan fingerprint density at radius 3 is 2.62 bits per heavy atom. The van der Waals surface area contributed by atoms with E-state index < -0.39 is 18.0 Å². The molecule has 1 saturated heterocycles. The Morgan fingerprint density at radius 1 is 1.24 bits per heavy atom.